The quantitative estimate of drug-likeness (QED) is 0.732. The van der Waals surface area contributed by atoms with Gasteiger partial charge in [-0.3, -0.25) is 18.7 Å². The molecule has 1 N–H and O–H groups in total. The number of nitrogens with one attached hydrogen (secondary N) is 1. The van der Waals surface area contributed by atoms with Gasteiger partial charge in [0.05, 0.1) is 0 Å². The van der Waals surface area contributed by atoms with Crippen LogP contribution in [0, 0.1) is 5.82 Å². The second-order valence-electron chi connectivity index (χ2n) is 5.33. The highest BCUT2D eigenvalue weighted by Gasteiger charge is 2.16. The Balaban J connectivity index is 2.12. The summed E-state index contributed by atoms with van der Waals surface area (Å²) in [5.74, 6) is -1.18. The number of hydrogen-bond donors (Lipinski definition) is 1. The molecule has 0 fully saturated rings. The molecule has 0 unspecified atom stereocenters. The Morgan fingerprint density at radius 1 is 1.08 bits per heavy atom. The summed E-state index contributed by atoms with van der Waals surface area (Å²) >= 11 is 0. The summed E-state index contributed by atoms with van der Waals surface area (Å²) in [6.07, 6.45) is 0. The number of halogens is 1. The van der Waals surface area contributed by atoms with Gasteiger partial charge in [0.1, 0.15) is 16.9 Å². The monoisotopic (exact) mass is 345 g/mol. The van der Waals surface area contributed by atoms with Crippen LogP contribution in [0.4, 0.5) is 10.1 Å². The van der Waals surface area contributed by atoms with E-state index in [0.29, 0.717) is 0 Å². The van der Waals surface area contributed by atoms with E-state index in [4.69, 9.17) is 4.42 Å². The van der Waals surface area contributed by atoms with Gasteiger partial charge in [0, 0.05) is 19.7 Å². The second kappa shape index (κ2) is 5.86. The molecule has 0 bridgehead atoms. The largest absolute Gasteiger partial charge is 0.404 e. The molecule has 2 aromatic heterocycles. The van der Waals surface area contributed by atoms with Gasteiger partial charge >= 0.3 is 11.3 Å². The van der Waals surface area contributed by atoms with E-state index in [-0.39, 0.29) is 22.4 Å². The molecule has 0 aliphatic heterocycles. The van der Waals surface area contributed by atoms with Crippen LogP contribution in [-0.2, 0) is 14.1 Å². The lowest BCUT2D eigenvalue weighted by molar-refractivity contribution is 0.102. The summed E-state index contributed by atoms with van der Waals surface area (Å²) in [5, 5.41) is 2.27. The highest BCUT2D eigenvalue weighted by atomic mass is 19.1. The summed E-state index contributed by atoms with van der Waals surface area (Å²) in [5.41, 5.74) is -2.58. The normalized spacial score (nSPS) is 10.8. The zero-order valence-corrected chi connectivity index (χ0v) is 13.2. The topological polar surface area (TPSA) is 103 Å². The highest BCUT2D eigenvalue weighted by Crippen LogP contribution is 2.12. The molecule has 0 aliphatic rings. The zero-order chi connectivity index (χ0) is 18.3. The summed E-state index contributed by atoms with van der Waals surface area (Å²) in [4.78, 5) is 48.2. The first kappa shape index (κ1) is 16.4. The molecule has 25 heavy (non-hydrogen) atoms. The van der Waals surface area contributed by atoms with Crippen molar-refractivity contribution < 1.29 is 13.6 Å². The first-order valence-corrected chi connectivity index (χ1v) is 7.10. The van der Waals surface area contributed by atoms with Gasteiger partial charge in [0.2, 0.25) is 5.71 Å². The van der Waals surface area contributed by atoms with E-state index in [1.165, 1.54) is 26.2 Å². The molecular weight excluding hydrogens is 333 g/mol. The third-order valence-electron chi connectivity index (χ3n) is 3.70. The van der Waals surface area contributed by atoms with Crippen LogP contribution < -0.4 is 22.2 Å². The molecule has 2 heterocycles. The third-order valence-corrected chi connectivity index (χ3v) is 3.70. The Morgan fingerprint density at radius 2 is 1.72 bits per heavy atom. The van der Waals surface area contributed by atoms with Gasteiger partial charge in [0.25, 0.3) is 11.5 Å². The molecule has 9 heteroatoms. The molecule has 1 aromatic carbocycles. The molecule has 1 amide bonds. The Labute approximate surface area is 138 Å². The predicted molar refractivity (Wildman–Crippen MR) is 87.3 cm³/mol. The Kier molecular flexibility index (Phi) is 3.84. The fourth-order valence-electron chi connectivity index (χ4n) is 2.33. The highest BCUT2D eigenvalue weighted by molar-refractivity contribution is 6.04. The number of carbonyl (C=O) groups excluding carboxylic acids is 1. The van der Waals surface area contributed by atoms with Crippen LogP contribution >= 0.6 is 0 Å². The van der Waals surface area contributed by atoms with E-state index < -0.39 is 28.6 Å². The molecule has 0 radical (unpaired) electrons. The van der Waals surface area contributed by atoms with Crippen LogP contribution in [0.15, 0.2) is 49.1 Å². The lowest BCUT2D eigenvalue weighted by Gasteiger charge is -2.08. The number of nitrogens with zero attached hydrogens (tertiary/aromatic N) is 2. The minimum Gasteiger partial charge on any atom is -0.404 e. The molecule has 0 spiro atoms. The summed E-state index contributed by atoms with van der Waals surface area (Å²) in [7, 11) is 2.63. The summed E-state index contributed by atoms with van der Waals surface area (Å²) < 4.78 is 19.8. The average molecular weight is 345 g/mol. The second-order valence-corrected chi connectivity index (χ2v) is 5.33. The molecule has 0 aliphatic carbocycles. The van der Waals surface area contributed by atoms with Gasteiger partial charge in [-0.05, 0) is 30.3 Å². The Morgan fingerprint density at radius 3 is 2.36 bits per heavy atom. The minimum atomic E-state index is -0.925. The van der Waals surface area contributed by atoms with E-state index in [1.54, 1.807) is 0 Å². The lowest BCUT2D eigenvalue weighted by atomic mass is 10.2. The van der Waals surface area contributed by atoms with E-state index in [1.807, 2.05) is 0 Å². The summed E-state index contributed by atoms with van der Waals surface area (Å²) in [6, 6.07) is 5.84. The smallest absolute Gasteiger partial charge is 0.361 e. The fourth-order valence-corrected chi connectivity index (χ4v) is 2.33. The number of benzene rings is 1. The first-order valence-electron chi connectivity index (χ1n) is 7.10. The van der Waals surface area contributed by atoms with E-state index >= 15 is 0 Å². The van der Waals surface area contributed by atoms with Crippen molar-refractivity contribution in [1.29, 1.82) is 0 Å². The van der Waals surface area contributed by atoms with Gasteiger partial charge < -0.3 is 9.73 Å². The number of aromatic nitrogens is 2. The van der Waals surface area contributed by atoms with Crippen LogP contribution in [0.1, 0.15) is 10.4 Å². The van der Waals surface area contributed by atoms with Crippen LogP contribution in [0.25, 0.3) is 11.1 Å². The molecule has 8 nitrogen and oxygen atoms in total. The van der Waals surface area contributed by atoms with Gasteiger partial charge in [-0.15, -0.1) is 0 Å². The van der Waals surface area contributed by atoms with E-state index in [2.05, 4.69) is 5.32 Å². The van der Waals surface area contributed by atoms with Crippen molar-refractivity contribution in [3.8, 4) is 0 Å². The molecule has 0 atom stereocenters. The van der Waals surface area contributed by atoms with Gasteiger partial charge in [-0.2, -0.15) is 0 Å². The number of rotatable bonds is 2. The van der Waals surface area contributed by atoms with Gasteiger partial charge in [0.15, 0.2) is 0 Å². The van der Waals surface area contributed by atoms with Crippen molar-refractivity contribution >= 4 is 22.7 Å². The van der Waals surface area contributed by atoms with Gasteiger partial charge in [-0.25, -0.2) is 14.0 Å². The van der Waals surface area contributed by atoms with Crippen LogP contribution in [-0.4, -0.2) is 15.0 Å². The number of amides is 1. The predicted octanol–water partition coefficient (Wildman–Crippen LogP) is 0.582. The van der Waals surface area contributed by atoms with Crippen molar-refractivity contribution in [2.45, 2.75) is 0 Å². The van der Waals surface area contributed by atoms with Crippen molar-refractivity contribution in [1.82, 2.24) is 9.13 Å². The Bertz CT molecular complexity index is 1170. The Hall–Kier alpha value is -3.49. The standard InChI is InChI=1S/C16H12FN3O5/c1-19-13(22)10-7-11(15(23)25-14(10)20(2)16(19)24)18-12(21)8-3-5-9(17)6-4-8/h3-7H,1-2H3,(H,18,21). The number of aryl methyl sites for hydroxylation is 1. The maximum atomic E-state index is 12.9. The van der Waals surface area contributed by atoms with Crippen LogP contribution in [0.2, 0.25) is 0 Å². The minimum absolute atomic E-state index is 0.0430. The fraction of sp³-hybridized carbons (Fsp3) is 0.125. The molecule has 0 saturated heterocycles. The molecule has 3 rings (SSSR count). The average Bonchev–Trinajstić information content (AvgIpc) is 2.60. The lowest BCUT2D eigenvalue weighted by Crippen LogP contribution is -2.37. The zero-order valence-electron chi connectivity index (χ0n) is 13.2. The van der Waals surface area contributed by atoms with Crippen molar-refractivity contribution in [2.24, 2.45) is 14.1 Å². The third kappa shape index (κ3) is 2.75. The van der Waals surface area contributed by atoms with Crippen molar-refractivity contribution in [3.63, 3.8) is 0 Å². The number of anilines is 1. The molecule has 3 aromatic rings. The molecule has 128 valence electrons. The van der Waals surface area contributed by atoms with Crippen molar-refractivity contribution in [2.75, 3.05) is 5.32 Å². The molecular formula is C16H12FN3O5. The molecule has 0 saturated carbocycles. The SMILES string of the molecule is Cn1c(=O)c2cc(NC(=O)c3ccc(F)cc3)c(=O)oc2n(C)c1=O. The number of fused-ring (bicyclic) bond motifs is 1. The van der Waals surface area contributed by atoms with Crippen LogP contribution in [0.5, 0.6) is 0 Å². The van der Waals surface area contributed by atoms with E-state index in [9.17, 15) is 23.6 Å². The maximum absolute atomic E-state index is 12.9. The van der Waals surface area contributed by atoms with Crippen LogP contribution in [0.3, 0.4) is 0 Å². The van der Waals surface area contributed by atoms with Crippen molar-refractivity contribution in [3.05, 3.63) is 73.0 Å². The van der Waals surface area contributed by atoms with E-state index in [0.717, 1.165) is 27.3 Å². The number of hydrogen-bond acceptors (Lipinski definition) is 5. The first-order chi connectivity index (χ1) is 11.8. The number of carbonyl (C=O) groups is 1. The van der Waals surface area contributed by atoms with Gasteiger partial charge in [-0.1, -0.05) is 0 Å². The summed E-state index contributed by atoms with van der Waals surface area (Å²) in [6.45, 7) is 0. The maximum Gasteiger partial charge on any atom is 0.361 e.